The highest BCUT2D eigenvalue weighted by molar-refractivity contribution is 7.73. The van der Waals surface area contributed by atoms with Crippen LogP contribution in [-0.2, 0) is 0 Å². The van der Waals surface area contributed by atoms with Crippen LogP contribution < -0.4 is 5.19 Å². The second-order valence-electron chi connectivity index (χ2n) is 7.35. The maximum atomic E-state index is 10.7. The highest BCUT2D eigenvalue weighted by Gasteiger charge is 2.58. The van der Waals surface area contributed by atoms with Crippen LogP contribution in [0.4, 0.5) is 0 Å². The fourth-order valence-corrected chi connectivity index (χ4v) is 52.6. The van der Waals surface area contributed by atoms with Crippen LogP contribution in [0.5, 0.6) is 0 Å². The Balaban J connectivity index is 3.62. The summed E-state index contributed by atoms with van der Waals surface area (Å²) in [6.45, 7) is 16.8. The summed E-state index contributed by atoms with van der Waals surface area (Å²) in [4.78, 5) is 0. The molecule has 0 spiro atoms. The van der Waals surface area contributed by atoms with Crippen molar-refractivity contribution in [3.05, 3.63) is 30.3 Å². The largest absolute Gasteiger partial charge is 0.397 e. The van der Waals surface area contributed by atoms with Crippen molar-refractivity contribution in [2.45, 2.75) is 51.9 Å². The molecule has 0 saturated carbocycles. The summed E-state index contributed by atoms with van der Waals surface area (Å²) in [5, 5.41) is 12.2. The van der Waals surface area contributed by atoms with Gasteiger partial charge in [0.1, 0.15) is 7.11 Å². The van der Waals surface area contributed by atoms with E-state index in [9.17, 15) is 5.11 Å². The topological polar surface area (TPSA) is 20.2 Å². The summed E-state index contributed by atoms with van der Waals surface area (Å²) >= 11 is 0. The molecule has 0 amide bonds. The van der Waals surface area contributed by atoms with Crippen molar-refractivity contribution in [2.24, 2.45) is 0 Å². The maximum Gasteiger partial charge on any atom is 0.105 e. The van der Waals surface area contributed by atoms with Gasteiger partial charge in [0.05, 0.1) is 0 Å². The van der Waals surface area contributed by atoms with E-state index >= 15 is 0 Å². The molecule has 1 aromatic rings. The Bertz CT molecular complexity index is 374. The Morgan fingerprint density at radius 2 is 1.22 bits per heavy atom. The van der Waals surface area contributed by atoms with Gasteiger partial charge in [-0.05, 0) is 6.92 Å². The number of rotatable bonds is 4. The van der Waals surface area contributed by atoms with Gasteiger partial charge < -0.3 is 5.11 Å². The van der Waals surface area contributed by atoms with E-state index in [2.05, 4.69) is 76.5 Å². The van der Waals surface area contributed by atoms with Gasteiger partial charge in [-0.3, -0.25) is 0 Å². The quantitative estimate of drug-likeness (QED) is 0.847. The number of benzene rings is 1. The minimum absolute atomic E-state index is 0.141. The lowest BCUT2D eigenvalue weighted by Crippen LogP contribution is -2.83. The van der Waals surface area contributed by atoms with Crippen molar-refractivity contribution in [1.82, 2.24) is 0 Å². The third-order valence-electron chi connectivity index (χ3n) is 4.22. The van der Waals surface area contributed by atoms with Gasteiger partial charge in [0.25, 0.3) is 0 Å². The van der Waals surface area contributed by atoms with Crippen molar-refractivity contribution >= 4 is 27.5 Å². The summed E-state index contributed by atoms with van der Waals surface area (Å²) in [6, 6.07) is 10.9. The molecule has 0 fully saturated rings. The first-order valence-electron chi connectivity index (χ1n) is 6.78. The first-order chi connectivity index (χ1) is 8.05. The fourth-order valence-electron chi connectivity index (χ4n) is 4.19. The summed E-state index contributed by atoms with van der Waals surface area (Å²) in [6.07, 6.45) is 0. The predicted octanol–water partition coefficient (Wildman–Crippen LogP) is 3.10. The zero-order valence-corrected chi connectivity index (χ0v) is 15.9. The summed E-state index contributed by atoms with van der Waals surface area (Å²) in [5.41, 5.74) is -0.141. The molecule has 1 N–H and O–H groups in total. The van der Waals surface area contributed by atoms with E-state index < -0.39 is 22.3 Å². The van der Waals surface area contributed by atoms with Crippen molar-refractivity contribution < 1.29 is 5.11 Å². The molecule has 1 rings (SSSR count). The van der Waals surface area contributed by atoms with Gasteiger partial charge in [0.2, 0.25) is 0 Å². The van der Waals surface area contributed by atoms with Crippen LogP contribution in [0.2, 0.25) is 39.3 Å². The lowest BCUT2D eigenvalue weighted by Gasteiger charge is -2.52. The molecule has 4 heteroatoms. The average molecular weight is 297 g/mol. The predicted molar refractivity (Wildman–Crippen MR) is 90.2 cm³/mol. The molecule has 18 heavy (non-hydrogen) atoms. The fraction of sp³-hybridized carbons (Fsp3) is 0.571. The lowest BCUT2D eigenvalue weighted by atomic mass is 10.4. The van der Waals surface area contributed by atoms with E-state index in [-0.39, 0.29) is 5.73 Å². The number of hydrogen-bond donors (Lipinski definition) is 1. The minimum Gasteiger partial charge on any atom is -0.397 e. The summed E-state index contributed by atoms with van der Waals surface area (Å²) in [5.74, 6) is 0. The smallest absolute Gasteiger partial charge is 0.105 e. The molecule has 0 aliphatic heterocycles. The molecule has 0 bridgehead atoms. The Hall–Kier alpha value is -0.169. The van der Waals surface area contributed by atoms with Crippen molar-refractivity contribution in [3.63, 3.8) is 0 Å². The molecule has 0 aromatic heterocycles. The van der Waals surface area contributed by atoms with E-state index in [0.717, 1.165) is 0 Å². The standard InChI is InChI=1S/C14H28OSi3/c1-13(15)18(16(2,3)4,17(5,6)7)14-11-9-8-10-12-14/h8-13,15H,1-7H3. The Kier molecular flexibility index (Phi) is 4.48. The molecule has 0 aliphatic carbocycles. The van der Waals surface area contributed by atoms with Gasteiger partial charge in [-0.2, -0.15) is 0 Å². The molecule has 1 aromatic carbocycles. The highest BCUT2D eigenvalue weighted by Crippen LogP contribution is 2.31. The van der Waals surface area contributed by atoms with Crippen LogP contribution in [0.3, 0.4) is 0 Å². The van der Waals surface area contributed by atoms with E-state index in [1.54, 1.807) is 0 Å². The number of aliphatic hydroxyl groups excluding tert-OH is 1. The molecule has 0 aliphatic rings. The SMILES string of the molecule is CC(O)[Si](c1ccccc1)([Si](C)(C)C)[Si](C)(C)C. The van der Waals surface area contributed by atoms with Gasteiger partial charge in [0.15, 0.2) is 0 Å². The van der Waals surface area contributed by atoms with E-state index in [1.807, 2.05) is 0 Å². The molecule has 0 heterocycles. The van der Waals surface area contributed by atoms with Crippen molar-refractivity contribution in [3.8, 4) is 0 Å². The van der Waals surface area contributed by atoms with Crippen LogP contribution in [0.25, 0.3) is 0 Å². The normalized spacial score (nSPS) is 15.6. The molecule has 1 nitrogen and oxygen atoms in total. The van der Waals surface area contributed by atoms with Gasteiger partial charge in [0, 0.05) is 20.9 Å². The second-order valence-corrected chi connectivity index (χ2v) is 34.6. The molecule has 1 atom stereocenters. The molecule has 0 saturated heterocycles. The van der Waals surface area contributed by atoms with Gasteiger partial charge in [-0.25, -0.2) is 0 Å². The molecule has 0 radical (unpaired) electrons. The van der Waals surface area contributed by atoms with Crippen LogP contribution >= 0.6 is 0 Å². The van der Waals surface area contributed by atoms with Crippen molar-refractivity contribution in [1.29, 1.82) is 0 Å². The van der Waals surface area contributed by atoms with E-state index in [0.29, 0.717) is 0 Å². The molecule has 1 unspecified atom stereocenters. The van der Waals surface area contributed by atoms with E-state index in [4.69, 9.17) is 0 Å². The third-order valence-corrected chi connectivity index (χ3v) is 43.4. The van der Waals surface area contributed by atoms with Crippen LogP contribution in [0.1, 0.15) is 6.92 Å². The Morgan fingerprint density at radius 1 is 0.833 bits per heavy atom. The molecular weight excluding hydrogens is 268 g/mol. The van der Waals surface area contributed by atoms with Crippen LogP contribution in [0, 0.1) is 0 Å². The molecular formula is C14H28OSi3. The minimum atomic E-state index is -1.82. The summed E-state index contributed by atoms with van der Waals surface area (Å²) < 4.78 is 0. The third kappa shape index (κ3) is 2.43. The van der Waals surface area contributed by atoms with Gasteiger partial charge in [-0.1, -0.05) is 74.8 Å². The first kappa shape index (κ1) is 15.9. The van der Waals surface area contributed by atoms with Crippen LogP contribution in [-0.4, -0.2) is 33.1 Å². The summed E-state index contributed by atoms with van der Waals surface area (Å²) in [7, 11) is -4.67. The zero-order chi connectivity index (χ0) is 14.2. The van der Waals surface area contributed by atoms with Crippen LogP contribution in [0.15, 0.2) is 30.3 Å². The maximum absolute atomic E-state index is 10.7. The number of aliphatic hydroxyl groups is 1. The lowest BCUT2D eigenvalue weighted by molar-refractivity contribution is 0.270. The molecule has 102 valence electrons. The Morgan fingerprint density at radius 3 is 1.50 bits per heavy atom. The average Bonchev–Trinajstić information content (AvgIpc) is 2.14. The van der Waals surface area contributed by atoms with Gasteiger partial charge in [-0.15, -0.1) is 0 Å². The van der Waals surface area contributed by atoms with E-state index in [1.165, 1.54) is 5.19 Å². The van der Waals surface area contributed by atoms with Gasteiger partial charge >= 0.3 is 0 Å². The number of hydrogen-bond acceptors (Lipinski definition) is 1. The highest BCUT2D eigenvalue weighted by atomic mass is 29.6. The Labute approximate surface area is 115 Å². The first-order valence-corrected chi connectivity index (χ1v) is 17.9. The second kappa shape index (κ2) is 5.07. The monoisotopic (exact) mass is 296 g/mol. The zero-order valence-electron chi connectivity index (χ0n) is 12.9. The van der Waals surface area contributed by atoms with Crippen molar-refractivity contribution in [2.75, 3.05) is 0 Å².